The number of piperazine rings is 1. The molecule has 86 valence electrons. The molecule has 0 N–H and O–H groups in total. The van der Waals surface area contributed by atoms with E-state index in [0.717, 1.165) is 39.3 Å². The van der Waals surface area contributed by atoms with Crippen LogP contribution in [0.5, 0.6) is 0 Å². The lowest BCUT2D eigenvalue weighted by molar-refractivity contribution is 0.0464. The van der Waals surface area contributed by atoms with Crippen molar-refractivity contribution in [2.75, 3.05) is 45.9 Å². The summed E-state index contributed by atoms with van der Waals surface area (Å²) in [7, 11) is 0. The van der Waals surface area contributed by atoms with Gasteiger partial charge in [-0.05, 0) is 13.8 Å². The Hall–Kier alpha value is -0.630. The largest absolute Gasteiger partial charge is 0.377 e. The Morgan fingerprint density at radius 2 is 1.80 bits per heavy atom. The number of nitrogens with zero attached hydrogens (tertiary/aromatic N) is 3. The number of nitriles is 1. The third-order valence-corrected chi connectivity index (χ3v) is 2.62. The van der Waals surface area contributed by atoms with Crippen molar-refractivity contribution >= 4 is 0 Å². The molecular weight excluding hydrogens is 190 g/mol. The molecular formula is C11H21N3O. The Morgan fingerprint density at radius 1 is 1.20 bits per heavy atom. The van der Waals surface area contributed by atoms with E-state index < -0.39 is 0 Å². The Labute approximate surface area is 92.4 Å². The molecule has 1 rings (SSSR count). The van der Waals surface area contributed by atoms with Gasteiger partial charge in [0.1, 0.15) is 0 Å². The molecule has 0 spiro atoms. The summed E-state index contributed by atoms with van der Waals surface area (Å²) >= 11 is 0. The maximum atomic E-state index is 8.56. The molecule has 0 unspecified atom stereocenters. The van der Waals surface area contributed by atoms with E-state index in [-0.39, 0.29) is 0 Å². The third kappa shape index (κ3) is 5.12. The summed E-state index contributed by atoms with van der Waals surface area (Å²) in [4.78, 5) is 4.59. The summed E-state index contributed by atoms with van der Waals surface area (Å²) < 4.78 is 5.51. The molecule has 1 saturated heterocycles. The Balaban J connectivity index is 2.07. The van der Waals surface area contributed by atoms with Crippen LogP contribution < -0.4 is 0 Å². The molecule has 0 aromatic carbocycles. The minimum Gasteiger partial charge on any atom is -0.377 e. The van der Waals surface area contributed by atoms with E-state index in [4.69, 9.17) is 10.00 Å². The van der Waals surface area contributed by atoms with Crippen LogP contribution in [-0.4, -0.2) is 61.8 Å². The molecule has 1 fully saturated rings. The molecule has 15 heavy (non-hydrogen) atoms. The second kappa shape index (κ2) is 6.78. The zero-order valence-electron chi connectivity index (χ0n) is 9.78. The van der Waals surface area contributed by atoms with E-state index in [1.54, 1.807) is 0 Å². The predicted octanol–water partition coefficient (Wildman–Crippen LogP) is 0.553. The molecule has 0 bridgehead atoms. The Morgan fingerprint density at radius 3 is 2.33 bits per heavy atom. The lowest BCUT2D eigenvalue weighted by atomic mass is 10.3. The van der Waals surface area contributed by atoms with Crippen LogP contribution in [0.4, 0.5) is 0 Å². The van der Waals surface area contributed by atoms with Gasteiger partial charge in [-0.2, -0.15) is 5.26 Å². The number of rotatable bonds is 5. The van der Waals surface area contributed by atoms with Crippen LogP contribution in [0.3, 0.4) is 0 Å². The number of hydrogen-bond acceptors (Lipinski definition) is 4. The third-order valence-electron chi connectivity index (χ3n) is 2.62. The van der Waals surface area contributed by atoms with Crippen LogP contribution in [0.25, 0.3) is 0 Å². The molecule has 1 aliphatic rings. The fraction of sp³-hybridized carbons (Fsp3) is 0.909. The monoisotopic (exact) mass is 211 g/mol. The summed E-state index contributed by atoms with van der Waals surface area (Å²) in [6.07, 6.45) is 0.324. The predicted molar refractivity (Wildman–Crippen MR) is 59.6 cm³/mol. The normalized spacial score (nSPS) is 19.3. The zero-order valence-corrected chi connectivity index (χ0v) is 9.78. The van der Waals surface area contributed by atoms with Gasteiger partial charge in [0, 0.05) is 32.7 Å². The molecule has 0 aromatic heterocycles. The molecule has 0 aromatic rings. The van der Waals surface area contributed by atoms with E-state index in [1.165, 1.54) is 0 Å². The van der Waals surface area contributed by atoms with Crippen molar-refractivity contribution in [2.24, 2.45) is 0 Å². The first-order valence-electron chi connectivity index (χ1n) is 5.65. The molecule has 4 nitrogen and oxygen atoms in total. The van der Waals surface area contributed by atoms with E-state index >= 15 is 0 Å². The molecule has 0 amide bonds. The highest BCUT2D eigenvalue weighted by Gasteiger charge is 2.15. The van der Waals surface area contributed by atoms with Gasteiger partial charge in [0.2, 0.25) is 0 Å². The van der Waals surface area contributed by atoms with E-state index in [1.807, 2.05) is 0 Å². The standard InChI is InChI=1S/C11H21N3O/c1-11(2)15-10-9-14-7-5-13(4-3-12)6-8-14/h11H,4-10H2,1-2H3. The fourth-order valence-corrected chi connectivity index (χ4v) is 1.69. The maximum Gasteiger partial charge on any atom is 0.0866 e. The quantitative estimate of drug-likeness (QED) is 0.623. The van der Waals surface area contributed by atoms with Gasteiger partial charge in [-0.1, -0.05) is 0 Å². The molecule has 0 aliphatic carbocycles. The average molecular weight is 211 g/mol. The summed E-state index contributed by atoms with van der Waals surface area (Å²) in [6.45, 7) is 10.7. The van der Waals surface area contributed by atoms with Crippen LogP contribution in [0, 0.1) is 11.3 Å². The highest BCUT2D eigenvalue weighted by atomic mass is 16.5. The van der Waals surface area contributed by atoms with Crippen LogP contribution >= 0.6 is 0 Å². The minimum absolute atomic E-state index is 0.324. The average Bonchev–Trinajstić information content (AvgIpc) is 2.20. The lowest BCUT2D eigenvalue weighted by Gasteiger charge is -2.33. The second-order valence-electron chi connectivity index (χ2n) is 4.20. The molecule has 4 heteroatoms. The van der Waals surface area contributed by atoms with E-state index in [9.17, 15) is 0 Å². The van der Waals surface area contributed by atoms with Crippen molar-refractivity contribution < 1.29 is 4.74 Å². The van der Waals surface area contributed by atoms with Crippen LogP contribution in [-0.2, 0) is 4.74 Å². The molecule has 0 radical (unpaired) electrons. The second-order valence-corrected chi connectivity index (χ2v) is 4.20. The first-order valence-corrected chi connectivity index (χ1v) is 5.65. The summed E-state index contributed by atoms with van der Waals surface area (Å²) in [5.41, 5.74) is 0. The molecule has 0 atom stereocenters. The Bertz CT molecular complexity index is 204. The molecule has 1 heterocycles. The van der Waals surface area contributed by atoms with Gasteiger partial charge >= 0.3 is 0 Å². The Kier molecular flexibility index (Phi) is 5.62. The van der Waals surface area contributed by atoms with Crippen LogP contribution in [0.15, 0.2) is 0 Å². The minimum atomic E-state index is 0.324. The summed E-state index contributed by atoms with van der Waals surface area (Å²) in [5.74, 6) is 0. The first-order chi connectivity index (χ1) is 7.22. The van der Waals surface area contributed by atoms with Gasteiger partial charge in [-0.15, -0.1) is 0 Å². The number of hydrogen-bond donors (Lipinski definition) is 0. The number of ether oxygens (including phenoxy) is 1. The van der Waals surface area contributed by atoms with Gasteiger partial charge in [-0.25, -0.2) is 0 Å². The van der Waals surface area contributed by atoms with Gasteiger partial charge < -0.3 is 4.74 Å². The van der Waals surface area contributed by atoms with Crippen molar-refractivity contribution in [3.8, 4) is 6.07 Å². The lowest BCUT2D eigenvalue weighted by Crippen LogP contribution is -2.47. The van der Waals surface area contributed by atoms with Crippen LogP contribution in [0.1, 0.15) is 13.8 Å². The molecule has 1 aliphatic heterocycles. The van der Waals surface area contributed by atoms with E-state index in [2.05, 4.69) is 29.7 Å². The van der Waals surface area contributed by atoms with Crippen molar-refractivity contribution in [1.82, 2.24) is 9.80 Å². The summed E-state index contributed by atoms with van der Waals surface area (Å²) in [6, 6.07) is 2.19. The topological polar surface area (TPSA) is 39.5 Å². The van der Waals surface area contributed by atoms with Crippen molar-refractivity contribution in [3.05, 3.63) is 0 Å². The zero-order chi connectivity index (χ0) is 11.1. The van der Waals surface area contributed by atoms with Gasteiger partial charge in [0.05, 0.1) is 25.3 Å². The summed E-state index contributed by atoms with van der Waals surface area (Å²) in [5, 5.41) is 8.56. The van der Waals surface area contributed by atoms with Gasteiger partial charge in [0.15, 0.2) is 0 Å². The highest BCUT2D eigenvalue weighted by Crippen LogP contribution is 2.01. The maximum absolute atomic E-state index is 8.56. The SMILES string of the molecule is CC(C)OCCN1CCN(CC#N)CC1. The fourth-order valence-electron chi connectivity index (χ4n) is 1.69. The van der Waals surface area contributed by atoms with Crippen molar-refractivity contribution in [3.63, 3.8) is 0 Å². The first kappa shape index (κ1) is 12.4. The molecule has 0 saturated carbocycles. The van der Waals surface area contributed by atoms with Gasteiger partial charge in [-0.3, -0.25) is 9.80 Å². The highest BCUT2D eigenvalue weighted by molar-refractivity contribution is 4.80. The van der Waals surface area contributed by atoms with Crippen LogP contribution in [0.2, 0.25) is 0 Å². The smallest absolute Gasteiger partial charge is 0.0866 e. The van der Waals surface area contributed by atoms with Crippen molar-refractivity contribution in [1.29, 1.82) is 5.26 Å². The van der Waals surface area contributed by atoms with E-state index in [0.29, 0.717) is 12.6 Å². The van der Waals surface area contributed by atoms with Crippen molar-refractivity contribution in [2.45, 2.75) is 20.0 Å². The van der Waals surface area contributed by atoms with Gasteiger partial charge in [0.25, 0.3) is 0 Å².